The zero-order chi connectivity index (χ0) is 14.7. The van der Waals surface area contributed by atoms with Crippen molar-refractivity contribution < 1.29 is 14.6 Å². The summed E-state index contributed by atoms with van der Waals surface area (Å²) in [6, 6.07) is 7.90. The van der Waals surface area contributed by atoms with Crippen LogP contribution in [0.3, 0.4) is 0 Å². The standard InChI is InChI=1S/C17H23NO3/c19-11-12-5-1-3-7-15(12)18-17(20)14-9-10-21-16-8-4-2-6-13(14)16/h2,4,6,8,12,14-15,19H,1,3,5,7,9-11H2,(H,18,20). The van der Waals surface area contributed by atoms with Gasteiger partial charge in [-0.25, -0.2) is 0 Å². The molecule has 0 radical (unpaired) electrons. The third kappa shape index (κ3) is 3.05. The second-order valence-corrected chi connectivity index (χ2v) is 6.07. The minimum absolute atomic E-state index is 0.0797. The highest BCUT2D eigenvalue weighted by Crippen LogP contribution is 2.34. The minimum atomic E-state index is -0.129. The molecule has 1 aliphatic carbocycles. The van der Waals surface area contributed by atoms with E-state index in [4.69, 9.17) is 4.74 Å². The van der Waals surface area contributed by atoms with Crippen molar-refractivity contribution in [2.75, 3.05) is 13.2 Å². The molecule has 2 aliphatic rings. The van der Waals surface area contributed by atoms with Crippen molar-refractivity contribution in [2.45, 2.75) is 44.1 Å². The number of rotatable bonds is 3. The van der Waals surface area contributed by atoms with Gasteiger partial charge < -0.3 is 15.2 Å². The fourth-order valence-electron chi connectivity index (χ4n) is 3.51. The van der Waals surface area contributed by atoms with Crippen LogP contribution >= 0.6 is 0 Å². The molecule has 3 rings (SSSR count). The Balaban J connectivity index is 1.71. The quantitative estimate of drug-likeness (QED) is 0.897. The predicted molar refractivity (Wildman–Crippen MR) is 80.3 cm³/mol. The van der Waals surface area contributed by atoms with E-state index in [-0.39, 0.29) is 30.4 Å². The first-order chi connectivity index (χ1) is 10.3. The molecular weight excluding hydrogens is 266 g/mol. The molecule has 3 atom stereocenters. The monoisotopic (exact) mass is 289 g/mol. The van der Waals surface area contributed by atoms with Gasteiger partial charge in [0.15, 0.2) is 0 Å². The Morgan fingerprint density at radius 3 is 2.90 bits per heavy atom. The molecule has 0 saturated heterocycles. The van der Waals surface area contributed by atoms with E-state index in [0.717, 1.165) is 43.4 Å². The molecule has 2 N–H and O–H groups in total. The Hall–Kier alpha value is -1.55. The van der Waals surface area contributed by atoms with Gasteiger partial charge in [-0.15, -0.1) is 0 Å². The number of fused-ring (bicyclic) bond motifs is 1. The molecule has 1 saturated carbocycles. The summed E-state index contributed by atoms with van der Waals surface area (Å²) in [5.74, 6) is 0.983. The molecule has 0 spiro atoms. The van der Waals surface area contributed by atoms with Gasteiger partial charge in [-0.05, 0) is 25.3 Å². The van der Waals surface area contributed by atoms with Crippen molar-refractivity contribution in [3.63, 3.8) is 0 Å². The molecule has 4 nitrogen and oxygen atoms in total. The molecule has 1 aromatic carbocycles. The van der Waals surface area contributed by atoms with Gasteiger partial charge in [0.25, 0.3) is 0 Å². The van der Waals surface area contributed by atoms with E-state index in [1.54, 1.807) is 0 Å². The maximum Gasteiger partial charge on any atom is 0.228 e. The van der Waals surface area contributed by atoms with Gasteiger partial charge in [-0.3, -0.25) is 4.79 Å². The van der Waals surface area contributed by atoms with Crippen LogP contribution in [-0.2, 0) is 4.79 Å². The minimum Gasteiger partial charge on any atom is -0.493 e. The molecular formula is C17H23NO3. The lowest BCUT2D eigenvalue weighted by Gasteiger charge is -2.33. The maximum absolute atomic E-state index is 12.6. The summed E-state index contributed by atoms with van der Waals surface area (Å²) in [7, 11) is 0. The number of hydrogen-bond donors (Lipinski definition) is 2. The van der Waals surface area contributed by atoms with E-state index in [2.05, 4.69) is 5.32 Å². The van der Waals surface area contributed by atoms with Crippen LogP contribution in [0.5, 0.6) is 5.75 Å². The highest BCUT2D eigenvalue weighted by molar-refractivity contribution is 5.85. The summed E-state index contributed by atoms with van der Waals surface area (Å²) in [4.78, 5) is 12.6. The number of aliphatic hydroxyl groups excluding tert-OH is 1. The van der Waals surface area contributed by atoms with Crippen LogP contribution in [0.25, 0.3) is 0 Å². The van der Waals surface area contributed by atoms with Gasteiger partial charge in [-0.2, -0.15) is 0 Å². The predicted octanol–water partition coefficient (Wildman–Crippen LogP) is 2.22. The highest BCUT2D eigenvalue weighted by atomic mass is 16.5. The number of carbonyl (C=O) groups excluding carboxylic acids is 1. The molecule has 3 unspecified atom stereocenters. The van der Waals surface area contributed by atoms with Gasteiger partial charge in [0.2, 0.25) is 5.91 Å². The molecule has 1 aliphatic heterocycles. The zero-order valence-corrected chi connectivity index (χ0v) is 12.3. The smallest absolute Gasteiger partial charge is 0.228 e. The average molecular weight is 289 g/mol. The topological polar surface area (TPSA) is 58.6 Å². The maximum atomic E-state index is 12.6. The molecule has 0 aromatic heterocycles. The number of aliphatic hydroxyl groups is 1. The number of carbonyl (C=O) groups is 1. The molecule has 1 aromatic rings. The number of para-hydroxylation sites is 1. The first kappa shape index (κ1) is 14.4. The van der Waals surface area contributed by atoms with E-state index in [9.17, 15) is 9.90 Å². The Labute approximate surface area is 125 Å². The Morgan fingerprint density at radius 1 is 1.24 bits per heavy atom. The summed E-state index contributed by atoms with van der Waals surface area (Å²) < 4.78 is 5.62. The van der Waals surface area contributed by atoms with Crippen LogP contribution in [-0.4, -0.2) is 30.3 Å². The summed E-state index contributed by atoms with van der Waals surface area (Å²) in [6.07, 6.45) is 4.98. The number of hydrogen-bond acceptors (Lipinski definition) is 3. The van der Waals surface area contributed by atoms with Crippen molar-refractivity contribution in [3.8, 4) is 5.75 Å². The molecule has 1 amide bonds. The number of nitrogens with one attached hydrogen (secondary N) is 1. The second kappa shape index (κ2) is 6.48. The molecule has 0 bridgehead atoms. The Bertz CT molecular complexity index is 503. The highest BCUT2D eigenvalue weighted by Gasteiger charge is 2.31. The van der Waals surface area contributed by atoms with Gasteiger partial charge in [0.1, 0.15) is 5.75 Å². The van der Waals surface area contributed by atoms with Crippen LogP contribution in [0, 0.1) is 5.92 Å². The van der Waals surface area contributed by atoms with Gasteiger partial charge >= 0.3 is 0 Å². The van der Waals surface area contributed by atoms with Crippen LogP contribution in [0.2, 0.25) is 0 Å². The Morgan fingerprint density at radius 2 is 2.05 bits per heavy atom. The molecule has 1 fully saturated rings. The first-order valence-corrected chi connectivity index (χ1v) is 7.92. The third-order valence-corrected chi connectivity index (χ3v) is 4.75. The van der Waals surface area contributed by atoms with Crippen molar-refractivity contribution in [1.29, 1.82) is 0 Å². The molecule has 1 heterocycles. The van der Waals surface area contributed by atoms with E-state index in [1.165, 1.54) is 0 Å². The summed E-state index contributed by atoms with van der Waals surface area (Å²) >= 11 is 0. The second-order valence-electron chi connectivity index (χ2n) is 6.07. The lowest BCUT2D eigenvalue weighted by molar-refractivity contribution is -0.124. The van der Waals surface area contributed by atoms with Gasteiger partial charge in [0, 0.05) is 24.1 Å². The molecule has 4 heteroatoms. The number of amides is 1. The normalized spacial score (nSPS) is 28.3. The summed E-state index contributed by atoms with van der Waals surface area (Å²) in [5, 5.41) is 12.6. The zero-order valence-electron chi connectivity index (χ0n) is 12.3. The van der Waals surface area contributed by atoms with Crippen molar-refractivity contribution in [2.24, 2.45) is 5.92 Å². The van der Waals surface area contributed by atoms with Gasteiger partial charge in [-0.1, -0.05) is 31.0 Å². The molecule has 21 heavy (non-hydrogen) atoms. The largest absolute Gasteiger partial charge is 0.493 e. The van der Waals surface area contributed by atoms with E-state index in [1.807, 2.05) is 24.3 Å². The SMILES string of the molecule is O=C(NC1CCCCC1CO)C1CCOc2ccccc21. The van der Waals surface area contributed by atoms with E-state index in [0.29, 0.717) is 6.61 Å². The summed E-state index contributed by atoms with van der Waals surface area (Å²) in [5.41, 5.74) is 0.984. The van der Waals surface area contributed by atoms with Gasteiger partial charge in [0.05, 0.1) is 12.5 Å². The van der Waals surface area contributed by atoms with Crippen molar-refractivity contribution in [3.05, 3.63) is 29.8 Å². The first-order valence-electron chi connectivity index (χ1n) is 7.92. The van der Waals surface area contributed by atoms with Crippen molar-refractivity contribution >= 4 is 5.91 Å². The van der Waals surface area contributed by atoms with Crippen LogP contribution in [0.1, 0.15) is 43.6 Å². The number of benzene rings is 1. The Kier molecular flexibility index (Phi) is 4.44. The fraction of sp³-hybridized carbons (Fsp3) is 0.588. The average Bonchev–Trinajstić information content (AvgIpc) is 2.54. The van der Waals surface area contributed by atoms with E-state index < -0.39 is 0 Å². The lowest BCUT2D eigenvalue weighted by Crippen LogP contribution is -2.45. The fourth-order valence-corrected chi connectivity index (χ4v) is 3.51. The lowest BCUT2D eigenvalue weighted by atomic mass is 9.84. The number of ether oxygens (including phenoxy) is 1. The van der Waals surface area contributed by atoms with Crippen LogP contribution in [0.4, 0.5) is 0 Å². The van der Waals surface area contributed by atoms with Crippen molar-refractivity contribution in [1.82, 2.24) is 5.32 Å². The molecule has 114 valence electrons. The van der Waals surface area contributed by atoms with E-state index >= 15 is 0 Å². The van der Waals surface area contributed by atoms with Crippen LogP contribution in [0.15, 0.2) is 24.3 Å². The third-order valence-electron chi connectivity index (χ3n) is 4.75. The van der Waals surface area contributed by atoms with Crippen LogP contribution < -0.4 is 10.1 Å². The summed E-state index contributed by atoms with van der Waals surface area (Å²) in [6.45, 7) is 0.749.